The number of hydrogen-bond acceptors (Lipinski definition) is 4. The van der Waals surface area contributed by atoms with Crippen LogP contribution in [0.5, 0.6) is 5.75 Å². The van der Waals surface area contributed by atoms with E-state index in [0.29, 0.717) is 11.3 Å². The molecule has 0 fully saturated rings. The van der Waals surface area contributed by atoms with E-state index < -0.39 is 0 Å². The summed E-state index contributed by atoms with van der Waals surface area (Å²) in [5.74, 6) is 0.367. The minimum atomic E-state index is -0.340. The van der Waals surface area contributed by atoms with Crippen molar-refractivity contribution in [2.45, 2.75) is 30.0 Å². The van der Waals surface area contributed by atoms with Crippen LogP contribution in [0.15, 0.2) is 83.8 Å². The van der Waals surface area contributed by atoms with E-state index in [1.54, 1.807) is 31.4 Å². The SMILES string of the molecule is COc1ccc(S[C@@H](C)C(=O)Nc2ccccc2C(=O)N[C@H](C)c2ccccc2)cc1. The number of anilines is 1. The van der Waals surface area contributed by atoms with Crippen LogP contribution >= 0.6 is 11.8 Å². The second kappa shape index (κ2) is 10.7. The molecule has 0 aromatic heterocycles. The number of ether oxygens (including phenoxy) is 1. The lowest BCUT2D eigenvalue weighted by molar-refractivity contribution is -0.115. The molecule has 2 N–H and O–H groups in total. The van der Waals surface area contributed by atoms with Crippen LogP contribution in [0.2, 0.25) is 0 Å². The van der Waals surface area contributed by atoms with E-state index in [-0.39, 0.29) is 23.1 Å². The molecule has 3 rings (SSSR count). The number of para-hydroxylation sites is 1. The highest BCUT2D eigenvalue weighted by Crippen LogP contribution is 2.27. The Kier molecular flexibility index (Phi) is 7.73. The molecule has 3 aromatic carbocycles. The van der Waals surface area contributed by atoms with Gasteiger partial charge in [-0.05, 0) is 55.8 Å². The lowest BCUT2D eigenvalue weighted by atomic mass is 10.1. The zero-order chi connectivity index (χ0) is 22.2. The second-order valence-electron chi connectivity index (χ2n) is 7.08. The molecule has 0 aliphatic rings. The molecule has 2 amide bonds. The molecule has 0 spiro atoms. The van der Waals surface area contributed by atoms with Crippen LogP contribution in [0.4, 0.5) is 5.69 Å². The third-order valence-corrected chi connectivity index (χ3v) is 5.93. The maximum Gasteiger partial charge on any atom is 0.253 e. The molecular weight excluding hydrogens is 408 g/mol. The molecule has 0 saturated heterocycles. The number of rotatable bonds is 8. The monoisotopic (exact) mass is 434 g/mol. The summed E-state index contributed by atoms with van der Waals surface area (Å²) < 4.78 is 5.17. The Morgan fingerprint density at radius 2 is 1.52 bits per heavy atom. The smallest absolute Gasteiger partial charge is 0.253 e. The van der Waals surface area contributed by atoms with Crippen molar-refractivity contribution in [3.8, 4) is 5.75 Å². The number of hydrogen-bond donors (Lipinski definition) is 2. The maximum absolute atomic E-state index is 12.9. The first-order chi connectivity index (χ1) is 15.0. The van der Waals surface area contributed by atoms with Crippen molar-refractivity contribution in [3.05, 3.63) is 90.0 Å². The average molecular weight is 435 g/mol. The number of thioether (sulfide) groups is 1. The number of amides is 2. The summed E-state index contributed by atoms with van der Waals surface area (Å²) in [4.78, 5) is 26.6. The number of carbonyl (C=O) groups excluding carboxylic acids is 2. The van der Waals surface area contributed by atoms with Crippen LogP contribution in [-0.2, 0) is 4.79 Å². The van der Waals surface area contributed by atoms with Crippen LogP contribution in [-0.4, -0.2) is 24.2 Å². The van der Waals surface area contributed by atoms with Gasteiger partial charge < -0.3 is 15.4 Å². The van der Waals surface area contributed by atoms with E-state index in [4.69, 9.17) is 4.74 Å². The molecule has 2 atom stereocenters. The number of methoxy groups -OCH3 is 1. The van der Waals surface area contributed by atoms with Gasteiger partial charge in [-0.3, -0.25) is 9.59 Å². The van der Waals surface area contributed by atoms with Crippen LogP contribution in [0.3, 0.4) is 0 Å². The molecule has 0 heterocycles. The van der Waals surface area contributed by atoms with Crippen LogP contribution in [0, 0.1) is 0 Å². The fourth-order valence-electron chi connectivity index (χ4n) is 3.04. The molecule has 0 bridgehead atoms. The molecular formula is C25H26N2O3S. The Morgan fingerprint density at radius 1 is 0.871 bits per heavy atom. The highest BCUT2D eigenvalue weighted by Gasteiger charge is 2.19. The van der Waals surface area contributed by atoms with Crippen LogP contribution < -0.4 is 15.4 Å². The van der Waals surface area contributed by atoms with E-state index in [2.05, 4.69) is 10.6 Å². The summed E-state index contributed by atoms with van der Waals surface area (Å²) in [6.07, 6.45) is 0. The molecule has 160 valence electrons. The standard InChI is InChI=1S/C25H26N2O3S/c1-17(19-9-5-4-6-10-19)26-25(29)22-11-7-8-12-23(22)27-24(28)18(2)31-21-15-13-20(30-3)14-16-21/h4-18H,1-3H3,(H,26,29)(H,27,28)/t17-,18+/m1/s1. The maximum atomic E-state index is 12.9. The van der Waals surface area contributed by atoms with Gasteiger partial charge in [0.15, 0.2) is 0 Å². The van der Waals surface area contributed by atoms with Gasteiger partial charge in [0.1, 0.15) is 5.75 Å². The minimum absolute atomic E-state index is 0.151. The van der Waals surface area contributed by atoms with Gasteiger partial charge in [-0.2, -0.15) is 0 Å². The second-order valence-corrected chi connectivity index (χ2v) is 8.49. The predicted octanol–water partition coefficient (Wildman–Crippen LogP) is 5.31. The summed E-state index contributed by atoms with van der Waals surface area (Å²) in [6, 6.07) is 24.2. The molecule has 0 radical (unpaired) electrons. The van der Waals surface area contributed by atoms with E-state index >= 15 is 0 Å². The Labute approximate surface area is 187 Å². The third kappa shape index (κ3) is 6.12. The topological polar surface area (TPSA) is 67.4 Å². The normalized spacial score (nSPS) is 12.5. The summed E-state index contributed by atoms with van der Waals surface area (Å²) in [5.41, 5.74) is 1.94. The Balaban J connectivity index is 1.66. The fourth-order valence-corrected chi connectivity index (χ4v) is 3.90. The summed E-state index contributed by atoms with van der Waals surface area (Å²) in [5, 5.41) is 5.56. The fraction of sp³-hybridized carbons (Fsp3) is 0.200. The van der Waals surface area contributed by atoms with E-state index in [1.807, 2.05) is 68.4 Å². The first-order valence-corrected chi connectivity index (χ1v) is 10.9. The lowest BCUT2D eigenvalue weighted by Crippen LogP contribution is -2.29. The zero-order valence-corrected chi connectivity index (χ0v) is 18.6. The average Bonchev–Trinajstić information content (AvgIpc) is 2.80. The van der Waals surface area contributed by atoms with Gasteiger partial charge in [-0.1, -0.05) is 42.5 Å². The van der Waals surface area contributed by atoms with Gasteiger partial charge in [-0.15, -0.1) is 11.8 Å². The minimum Gasteiger partial charge on any atom is -0.497 e. The first kappa shape index (κ1) is 22.4. The molecule has 3 aromatic rings. The van der Waals surface area contributed by atoms with Crippen LogP contribution in [0.25, 0.3) is 0 Å². The molecule has 0 unspecified atom stereocenters. The van der Waals surface area contributed by atoms with Crippen molar-refractivity contribution >= 4 is 29.3 Å². The van der Waals surface area contributed by atoms with Gasteiger partial charge in [0.2, 0.25) is 5.91 Å². The first-order valence-electron chi connectivity index (χ1n) is 10.0. The van der Waals surface area contributed by atoms with E-state index in [1.165, 1.54) is 11.8 Å². The van der Waals surface area contributed by atoms with Crippen molar-refractivity contribution < 1.29 is 14.3 Å². The van der Waals surface area contributed by atoms with E-state index in [9.17, 15) is 9.59 Å². The molecule has 0 aliphatic carbocycles. The van der Waals surface area contributed by atoms with E-state index in [0.717, 1.165) is 16.2 Å². The zero-order valence-electron chi connectivity index (χ0n) is 17.8. The van der Waals surface area contributed by atoms with Crippen molar-refractivity contribution in [2.24, 2.45) is 0 Å². The molecule has 0 saturated carbocycles. The highest BCUT2D eigenvalue weighted by atomic mass is 32.2. The van der Waals surface area contributed by atoms with Crippen molar-refractivity contribution in [2.75, 3.05) is 12.4 Å². The number of carbonyl (C=O) groups is 2. The quantitative estimate of drug-likeness (QED) is 0.472. The third-order valence-electron chi connectivity index (χ3n) is 4.82. The van der Waals surface area contributed by atoms with Crippen LogP contribution in [0.1, 0.15) is 35.8 Å². The summed E-state index contributed by atoms with van der Waals surface area (Å²) in [7, 11) is 1.62. The molecule has 5 nitrogen and oxygen atoms in total. The molecule has 6 heteroatoms. The highest BCUT2D eigenvalue weighted by molar-refractivity contribution is 8.00. The Morgan fingerprint density at radius 3 is 2.19 bits per heavy atom. The summed E-state index contributed by atoms with van der Waals surface area (Å²) in [6.45, 7) is 3.77. The Hall–Kier alpha value is -3.25. The molecule has 31 heavy (non-hydrogen) atoms. The van der Waals surface area contributed by atoms with Gasteiger partial charge in [-0.25, -0.2) is 0 Å². The van der Waals surface area contributed by atoms with Crippen molar-refractivity contribution in [3.63, 3.8) is 0 Å². The Bertz CT molecular complexity index is 1020. The van der Waals surface area contributed by atoms with Crippen molar-refractivity contribution in [1.82, 2.24) is 5.32 Å². The largest absolute Gasteiger partial charge is 0.497 e. The van der Waals surface area contributed by atoms with Crippen molar-refractivity contribution in [1.29, 1.82) is 0 Å². The number of benzene rings is 3. The predicted molar refractivity (Wildman–Crippen MR) is 126 cm³/mol. The van der Waals surface area contributed by atoms with Gasteiger partial charge in [0.05, 0.1) is 29.7 Å². The molecule has 0 aliphatic heterocycles. The lowest BCUT2D eigenvalue weighted by Gasteiger charge is -2.17. The number of nitrogens with one attached hydrogen (secondary N) is 2. The summed E-state index contributed by atoms with van der Waals surface area (Å²) >= 11 is 1.44. The van der Waals surface area contributed by atoms with Gasteiger partial charge >= 0.3 is 0 Å². The van der Waals surface area contributed by atoms with Gasteiger partial charge in [0.25, 0.3) is 5.91 Å². The van der Waals surface area contributed by atoms with Gasteiger partial charge in [0, 0.05) is 4.90 Å².